The number of carbonyl (C=O) groups excluding carboxylic acids is 1. The van der Waals surface area contributed by atoms with E-state index in [0.29, 0.717) is 12.0 Å². The molecule has 0 spiro atoms. The van der Waals surface area contributed by atoms with Crippen LogP contribution >= 0.6 is 0 Å². The minimum absolute atomic E-state index is 0.0139. The van der Waals surface area contributed by atoms with Crippen LogP contribution in [0.15, 0.2) is 24.3 Å². The van der Waals surface area contributed by atoms with E-state index < -0.39 is 5.91 Å². The Morgan fingerprint density at radius 2 is 2.00 bits per heavy atom. The van der Waals surface area contributed by atoms with Gasteiger partial charge in [0.1, 0.15) is 0 Å². The molecule has 1 aromatic carbocycles. The molecule has 0 radical (unpaired) electrons. The maximum absolute atomic E-state index is 10.5. The first-order valence-corrected chi connectivity index (χ1v) is 4.45. The third-order valence-electron chi connectivity index (χ3n) is 1.89. The topological polar surface area (TPSA) is 90.7 Å². The molecule has 4 nitrogen and oxygen atoms in total. The molecule has 0 aliphatic carbocycles. The van der Waals surface area contributed by atoms with E-state index in [4.69, 9.17) is 16.4 Å². The van der Waals surface area contributed by atoms with E-state index in [9.17, 15) is 4.79 Å². The Labute approximate surface area is 87.8 Å². The Morgan fingerprint density at radius 1 is 1.40 bits per heavy atom. The molecule has 3 N–H and O–H groups in total. The number of nitrogens with one attached hydrogen (secondary N) is 1. The molecule has 0 atom stereocenters. The van der Waals surface area contributed by atoms with Gasteiger partial charge in [-0.15, -0.1) is 0 Å². The van der Waals surface area contributed by atoms with E-state index in [2.05, 4.69) is 0 Å². The molecule has 0 unspecified atom stereocenters. The van der Waals surface area contributed by atoms with Crippen LogP contribution in [0.2, 0.25) is 0 Å². The van der Waals surface area contributed by atoms with Gasteiger partial charge in [0.15, 0.2) is 0 Å². The molecule has 0 aliphatic heterocycles. The average molecular weight is 201 g/mol. The molecule has 0 aliphatic rings. The summed E-state index contributed by atoms with van der Waals surface area (Å²) in [6.07, 6.45) is 0.384. The molecular weight excluding hydrogens is 190 g/mol. The predicted octanol–water partition coefficient (Wildman–Crippen LogP) is 0.996. The van der Waals surface area contributed by atoms with Crippen molar-refractivity contribution in [2.24, 2.45) is 5.73 Å². The molecule has 0 saturated heterocycles. The third-order valence-corrected chi connectivity index (χ3v) is 1.89. The van der Waals surface area contributed by atoms with E-state index in [-0.39, 0.29) is 12.1 Å². The standard InChI is InChI=1S/C11H11N3O/c12-7-9-3-1-8(2-4-9)5-10(13)6-11(14)15/h1-4,13H,5-6H2,(H2,14,15). The average Bonchev–Trinajstić information content (AvgIpc) is 2.17. The van der Waals surface area contributed by atoms with Crippen molar-refractivity contribution in [2.45, 2.75) is 12.8 Å². The van der Waals surface area contributed by atoms with E-state index in [0.717, 1.165) is 5.56 Å². The molecule has 1 aromatic rings. The minimum atomic E-state index is -0.492. The fourth-order valence-electron chi connectivity index (χ4n) is 1.22. The maximum Gasteiger partial charge on any atom is 0.223 e. The molecule has 1 rings (SSSR count). The summed E-state index contributed by atoms with van der Waals surface area (Å²) in [5.74, 6) is -0.492. The van der Waals surface area contributed by atoms with E-state index in [1.54, 1.807) is 24.3 Å². The van der Waals surface area contributed by atoms with Gasteiger partial charge in [0.25, 0.3) is 0 Å². The van der Waals surface area contributed by atoms with Crippen molar-refractivity contribution >= 4 is 11.6 Å². The summed E-state index contributed by atoms with van der Waals surface area (Å²) in [7, 11) is 0. The Kier molecular flexibility index (Phi) is 3.58. The summed E-state index contributed by atoms with van der Waals surface area (Å²) in [5, 5.41) is 16.1. The second kappa shape index (κ2) is 4.91. The van der Waals surface area contributed by atoms with Gasteiger partial charge in [-0.3, -0.25) is 4.79 Å². The van der Waals surface area contributed by atoms with Crippen molar-refractivity contribution in [3.63, 3.8) is 0 Å². The quantitative estimate of drug-likeness (QED) is 0.711. The highest BCUT2D eigenvalue weighted by Crippen LogP contribution is 2.05. The SMILES string of the molecule is N#Cc1ccc(CC(=N)CC(N)=O)cc1. The number of benzene rings is 1. The molecule has 1 amide bonds. The number of amides is 1. The molecule has 0 heterocycles. The summed E-state index contributed by atoms with van der Waals surface area (Å²) in [6.45, 7) is 0. The summed E-state index contributed by atoms with van der Waals surface area (Å²) in [6, 6.07) is 8.93. The highest BCUT2D eigenvalue weighted by molar-refractivity contribution is 5.99. The lowest BCUT2D eigenvalue weighted by Gasteiger charge is -2.01. The van der Waals surface area contributed by atoms with Gasteiger partial charge in [-0.2, -0.15) is 5.26 Å². The van der Waals surface area contributed by atoms with Gasteiger partial charge in [-0.05, 0) is 17.7 Å². The zero-order valence-electron chi connectivity index (χ0n) is 8.16. The van der Waals surface area contributed by atoms with Crippen molar-refractivity contribution in [3.8, 4) is 6.07 Å². The highest BCUT2D eigenvalue weighted by Gasteiger charge is 2.03. The molecule has 4 heteroatoms. The zero-order valence-corrected chi connectivity index (χ0v) is 8.16. The number of nitrogens with zero attached hydrogens (tertiary/aromatic N) is 1. The van der Waals surface area contributed by atoms with Crippen LogP contribution in [0.25, 0.3) is 0 Å². The van der Waals surface area contributed by atoms with Gasteiger partial charge in [-0.25, -0.2) is 0 Å². The van der Waals surface area contributed by atoms with Crippen molar-refractivity contribution in [3.05, 3.63) is 35.4 Å². The lowest BCUT2D eigenvalue weighted by atomic mass is 10.0. The van der Waals surface area contributed by atoms with Crippen LogP contribution in [-0.4, -0.2) is 11.6 Å². The number of hydrogen-bond acceptors (Lipinski definition) is 3. The van der Waals surface area contributed by atoms with Crippen molar-refractivity contribution in [1.82, 2.24) is 0 Å². The number of nitriles is 1. The summed E-state index contributed by atoms with van der Waals surface area (Å²) < 4.78 is 0. The normalized spacial score (nSPS) is 9.27. The van der Waals surface area contributed by atoms with Crippen LogP contribution in [0.1, 0.15) is 17.5 Å². The van der Waals surface area contributed by atoms with Crippen molar-refractivity contribution in [1.29, 1.82) is 10.7 Å². The highest BCUT2D eigenvalue weighted by atomic mass is 16.1. The molecule has 76 valence electrons. The second-order valence-corrected chi connectivity index (χ2v) is 3.23. The van der Waals surface area contributed by atoms with Crippen LogP contribution in [0.3, 0.4) is 0 Å². The third kappa shape index (κ3) is 3.61. The molecule has 15 heavy (non-hydrogen) atoms. The number of nitrogens with two attached hydrogens (primary N) is 1. The molecule has 0 aromatic heterocycles. The first-order chi connectivity index (χ1) is 7.11. The van der Waals surface area contributed by atoms with Gasteiger partial charge in [0.2, 0.25) is 5.91 Å². The van der Waals surface area contributed by atoms with Gasteiger partial charge >= 0.3 is 0 Å². The number of carbonyl (C=O) groups is 1. The predicted molar refractivity (Wildman–Crippen MR) is 56.4 cm³/mol. The van der Waals surface area contributed by atoms with Gasteiger partial charge in [0, 0.05) is 12.1 Å². The lowest BCUT2D eigenvalue weighted by Crippen LogP contribution is -2.16. The van der Waals surface area contributed by atoms with E-state index in [1.807, 2.05) is 6.07 Å². The van der Waals surface area contributed by atoms with Crippen LogP contribution in [0, 0.1) is 16.7 Å². The number of rotatable bonds is 4. The Morgan fingerprint density at radius 3 is 2.47 bits per heavy atom. The maximum atomic E-state index is 10.5. The van der Waals surface area contributed by atoms with E-state index >= 15 is 0 Å². The first-order valence-electron chi connectivity index (χ1n) is 4.45. The zero-order chi connectivity index (χ0) is 11.3. The lowest BCUT2D eigenvalue weighted by molar-refractivity contribution is -0.116. The van der Waals surface area contributed by atoms with Crippen molar-refractivity contribution < 1.29 is 4.79 Å². The number of hydrogen-bond donors (Lipinski definition) is 2. The number of primary amides is 1. The van der Waals surface area contributed by atoms with Crippen LogP contribution in [-0.2, 0) is 11.2 Å². The molecule has 0 fully saturated rings. The minimum Gasteiger partial charge on any atom is -0.369 e. The van der Waals surface area contributed by atoms with Gasteiger partial charge in [-0.1, -0.05) is 12.1 Å². The Balaban J connectivity index is 2.62. The van der Waals surface area contributed by atoms with Crippen LogP contribution in [0.4, 0.5) is 0 Å². The monoisotopic (exact) mass is 201 g/mol. The van der Waals surface area contributed by atoms with Gasteiger partial charge < -0.3 is 11.1 Å². The smallest absolute Gasteiger partial charge is 0.223 e. The summed E-state index contributed by atoms with van der Waals surface area (Å²) in [4.78, 5) is 10.5. The molecule has 0 bridgehead atoms. The van der Waals surface area contributed by atoms with Gasteiger partial charge in [0.05, 0.1) is 18.1 Å². The first kappa shape index (κ1) is 10.9. The largest absolute Gasteiger partial charge is 0.369 e. The van der Waals surface area contributed by atoms with E-state index in [1.165, 1.54) is 0 Å². The van der Waals surface area contributed by atoms with Crippen molar-refractivity contribution in [2.75, 3.05) is 0 Å². The van der Waals surface area contributed by atoms with Crippen LogP contribution < -0.4 is 5.73 Å². The second-order valence-electron chi connectivity index (χ2n) is 3.23. The summed E-state index contributed by atoms with van der Waals surface area (Å²) >= 11 is 0. The molecule has 0 saturated carbocycles. The Bertz CT molecular complexity index is 414. The fraction of sp³-hybridized carbons (Fsp3) is 0.182. The van der Waals surface area contributed by atoms with Crippen LogP contribution in [0.5, 0.6) is 0 Å². The summed E-state index contributed by atoms with van der Waals surface area (Å²) in [5.41, 5.74) is 6.74. The fourth-order valence-corrected chi connectivity index (χ4v) is 1.22. The molecular formula is C11H11N3O. The Hall–Kier alpha value is -2.15.